The Labute approximate surface area is 83.6 Å². The first kappa shape index (κ1) is 12.4. The molecule has 0 aliphatic carbocycles. The van der Waals surface area contributed by atoms with Crippen molar-refractivity contribution in [2.24, 2.45) is 4.99 Å². The highest BCUT2D eigenvalue weighted by Gasteiger charge is 2.12. The monoisotopic (exact) mass is 197 g/mol. The van der Waals surface area contributed by atoms with E-state index < -0.39 is 5.97 Å². The van der Waals surface area contributed by atoms with Gasteiger partial charge in [-0.3, -0.25) is 4.99 Å². The number of aliphatic hydroxyl groups excluding tert-OH is 1. The Bertz CT molecular complexity index is 290. The molecule has 0 aromatic rings. The van der Waals surface area contributed by atoms with Crippen LogP contribution in [0.1, 0.15) is 20.8 Å². The zero-order valence-corrected chi connectivity index (χ0v) is 8.70. The smallest absolute Gasteiger partial charge is 0.337 e. The van der Waals surface area contributed by atoms with Crippen LogP contribution in [0.15, 0.2) is 28.6 Å². The van der Waals surface area contributed by atoms with Crippen LogP contribution in [0.4, 0.5) is 0 Å². The number of aliphatic hydroxyl groups is 1. The normalized spacial score (nSPS) is 12.5. The largest absolute Gasteiger partial charge is 0.505 e. The standard InChI is InChI=1S/C10H15NO3/c1-5-11-8(4)9(12)7(3)10(13)14-6-2/h5,12H,4,6H2,1-3H3/b9-7-,11-5?. The third-order valence-electron chi connectivity index (χ3n) is 1.50. The fourth-order valence-electron chi connectivity index (χ4n) is 0.769. The number of hydrogen-bond acceptors (Lipinski definition) is 4. The van der Waals surface area contributed by atoms with E-state index in [1.54, 1.807) is 13.8 Å². The molecule has 0 spiro atoms. The maximum Gasteiger partial charge on any atom is 0.337 e. The van der Waals surface area contributed by atoms with E-state index in [-0.39, 0.29) is 23.6 Å². The average molecular weight is 197 g/mol. The van der Waals surface area contributed by atoms with E-state index in [1.807, 2.05) is 0 Å². The molecule has 0 atom stereocenters. The van der Waals surface area contributed by atoms with Crippen LogP contribution in [-0.2, 0) is 9.53 Å². The Balaban J connectivity index is 4.74. The van der Waals surface area contributed by atoms with Crippen LogP contribution in [0.2, 0.25) is 0 Å². The highest BCUT2D eigenvalue weighted by molar-refractivity contribution is 5.89. The SMILES string of the molecule is C=C(N=CC)/C(O)=C(\C)C(=O)OCC. The lowest BCUT2D eigenvalue weighted by Gasteiger charge is -2.04. The lowest BCUT2D eigenvalue weighted by Crippen LogP contribution is -2.08. The van der Waals surface area contributed by atoms with Crippen LogP contribution in [-0.4, -0.2) is 23.9 Å². The van der Waals surface area contributed by atoms with E-state index in [4.69, 9.17) is 4.74 Å². The zero-order valence-electron chi connectivity index (χ0n) is 8.70. The minimum absolute atomic E-state index is 0.113. The first-order chi connectivity index (χ1) is 6.54. The van der Waals surface area contributed by atoms with Gasteiger partial charge in [-0.2, -0.15) is 0 Å². The van der Waals surface area contributed by atoms with Crippen LogP contribution in [0.3, 0.4) is 0 Å². The molecule has 0 saturated carbocycles. The maximum absolute atomic E-state index is 11.2. The van der Waals surface area contributed by atoms with E-state index in [0.717, 1.165) is 0 Å². The van der Waals surface area contributed by atoms with Crippen molar-refractivity contribution in [3.63, 3.8) is 0 Å². The van der Waals surface area contributed by atoms with E-state index >= 15 is 0 Å². The van der Waals surface area contributed by atoms with Gasteiger partial charge in [0.2, 0.25) is 0 Å². The molecule has 0 aliphatic heterocycles. The summed E-state index contributed by atoms with van der Waals surface area (Å²) < 4.78 is 4.70. The van der Waals surface area contributed by atoms with Crippen LogP contribution in [0.25, 0.3) is 0 Å². The summed E-state index contributed by atoms with van der Waals surface area (Å²) in [4.78, 5) is 14.9. The number of aliphatic imine (C=N–C) groups is 1. The Morgan fingerprint density at radius 1 is 1.64 bits per heavy atom. The fourth-order valence-corrected chi connectivity index (χ4v) is 0.769. The Kier molecular flexibility index (Phi) is 5.29. The lowest BCUT2D eigenvalue weighted by atomic mass is 10.2. The van der Waals surface area contributed by atoms with Crippen molar-refractivity contribution in [3.8, 4) is 0 Å². The third-order valence-corrected chi connectivity index (χ3v) is 1.50. The number of rotatable bonds is 4. The first-order valence-corrected chi connectivity index (χ1v) is 4.29. The third kappa shape index (κ3) is 3.43. The highest BCUT2D eigenvalue weighted by atomic mass is 16.5. The molecular formula is C10H15NO3. The van der Waals surface area contributed by atoms with Gasteiger partial charge < -0.3 is 9.84 Å². The summed E-state index contributed by atoms with van der Waals surface area (Å²) >= 11 is 0. The highest BCUT2D eigenvalue weighted by Crippen LogP contribution is 2.12. The van der Waals surface area contributed by atoms with Gasteiger partial charge in [-0.15, -0.1) is 0 Å². The molecule has 4 nitrogen and oxygen atoms in total. The predicted octanol–water partition coefficient (Wildman–Crippen LogP) is 1.99. The van der Waals surface area contributed by atoms with Crippen molar-refractivity contribution >= 4 is 12.2 Å². The summed E-state index contributed by atoms with van der Waals surface area (Å²) in [6.07, 6.45) is 1.48. The Morgan fingerprint density at radius 3 is 2.64 bits per heavy atom. The van der Waals surface area contributed by atoms with E-state index in [0.29, 0.717) is 0 Å². The summed E-state index contributed by atoms with van der Waals surface area (Å²) in [5.74, 6) is -0.793. The van der Waals surface area contributed by atoms with E-state index in [1.165, 1.54) is 13.1 Å². The van der Waals surface area contributed by atoms with Crippen molar-refractivity contribution in [1.29, 1.82) is 0 Å². The number of carbonyl (C=O) groups excluding carboxylic acids is 1. The summed E-state index contributed by atoms with van der Waals surface area (Å²) in [5, 5.41) is 9.48. The molecule has 4 heteroatoms. The molecule has 0 aromatic heterocycles. The number of nitrogens with zero attached hydrogens (tertiary/aromatic N) is 1. The van der Waals surface area contributed by atoms with Gasteiger partial charge in [-0.25, -0.2) is 4.79 Å². The van der Waals surface area contributed by atoms with Crippen molar-refractivity contribution in [3.05, 3.63) is 23.6 Å². The summed E-state index contributed by atoms with van der Waals surface area (Å²) in [5.41, 5.74) is 0.264. The van der Waals surface area contributed by atoms with Crippen LogP contribution < -0.4 is 0 Å². The van der Waals surface area contributed by atoms with Crippen LogP contribution in [0.5, 0.6) is 0 Å². The quantitative estimate of drug-likeness (QED) is 0.246. The summed E-state index contributed by atoms with van der Waals surface area (Å²) in [6, 6.07) is 0. The maximum atomic E-state index is 11.2. The molecule has 0 aliphatic rings. The van der Waals surface area contributed by atoms with Crippen molar-refractivity contribution in [2.75, 3.05) is 6.61 Å². The number of esters is 1. The van der Waals surface area contributed by atoms with Gasteiger partial charge in [0.15, 0.2) is 5.76 Å². The topological polar surface area (TPSA) is 58.9 Å². The molecule has 0 saturated heterocycles. The van der Waals surface area contributed by atoms with Gasteiger partial charge in [0.1, 0.15) is 0 Å². The first-order valence-electron chi connectivity index (χ1n) is 4.29. The van der Waals surface area contributed by atoms with Crippen molar-refractivity contribution < 1.29 is 14.6 Å². The second kappa shape index (κ2) is 5.96. The zero-order chi connectivity index (χ0) is 11.1. The van der Waals surface area contributed by atoms with Gasteiger partial charge in [0.05, 0.1) is 17.9 Å². The molecule has 0 unspecified atom stereocenters. The number of carbonyl (C=O) groups is 1. The molecular weight excluding hydrogens is 182 g/mol. The lowest BCUT2D eigenvalue weighted by molar-refractivity contribution is -0.138. The molecule has 0 radical (unpaired) electrons. The Hall–Kier alpha value is -1.58. The molecule has 0 fully saturated rings. The predicted molar refractivity (Wildman–Crippen MR) is 55.3 cm³/mol. The molecule has 78 valence electrons. The molecule has 0 bridgehead atoms. The van der Waals surface area contributed by atoms with Gasteiger partial charge >= 0.3 is 5.97 Å². The molecule has 14 heavy (non-hydrogen) atoms. The second-order valence-electron chi connectivity index (χ2n) is 2.53. The minimum atomic E-state index is -0.558. The van der Waals surface area contributed by atoms with Crippen LogP contribution in [0, 0.1) is 0 Å². The Morgan fingerprint density at radius 2 is 2.21 bits per heavy atom. The van der Waals surface area contributed by atoms with E-state index in [9.17, 15) is 9.90 Å². The second-order valence-corrected chi connectivity index (χ2v) is 2.53. The van der Waals surface area contributed by atoms with Crippen molar-refractivity contribution in [2.45, 2.75) is 20.8 Å². The summed E-state index contributed by atoms with van der Waals surface area (Å²) in [6.45, 7) is 8.62. The molecule has 0 aromatic carbocycles. The van der Waals surface area contributed by atoms with Gasteiger partial charge in [0, 0.05) is 6.21 Å². The minimum Gasteiger partial charge on any atom is -0.505 e. The molecule has 1 N–H and O–H groups in total. The van der Waals surface area contributed by atoms with Crippen molar-refractivity contribution in [1.82, 2.24) is 0 Å². The van der Waals surface area contributed by atoms with Gasteiger partial charge in [-0.05, 0) is 20.8 Å². The van der Waals surface area contributed by atoms with Gasteiger partial charge in [0.25, 0.3) is 0 Å². The summed E-state index contributed by atoms with van der Waals surface area (Å²) in [7, 11) is 0. The van der Waals surface area contributed by atoms with Crippen LogP contribution >= 0.6 is 0 Å². The number of hydrogen-bond donors (Lipinski definition) is 1. The number of ether oxygens (including phenoxy) is 1. The van der Waals surface area contributed by atoms with E-state index in [2.05, 4.69) is 11.6 Å². The molecule has 0 rings (SSSR count). The van der Waals surface area contributed by atoms with Gasteiger partial charge in [-0.1, -0.05) is 6.58 Å². The fraction of sp³-hybridized carbons (Fsp3) is 0.400. The average Bonchev–Trinajstić information content (AvgIpc) is 2.16. The molecule has 0 amide bonds. The molecule has 0 heterocycles.